The number of nitro benzene ring substituents is 1. The average Bonchev–Trinajstić information content (AvgIpc) is 2.61. The normalized spacial score (nSPS) is 12.3. The summed E-state index contributed by atoms with van der Waals surface area (Å²) in [6.07, 6.45) is 0.965. The van der Waals surface area contributed by atoms with Crippen LogP contribution in [-0.4, -0.2) is 32.0 Å². The Hall–Kier alpha value is -2.94. The third-order valence-electron chi connectivity index (χ3n) is 4.64. The van der Waals surface area contributed by atoms with E-state index in [9.17, 15) is 23.3 Å². The van der Waals surface area contributed by atoms with Gasteiger partial charge >= 0.3 is 0 Å². The minimum atomic E-state index is -3.84. The number of nitrogens with one attached hydrogen (secondary N) is 1. The average molecular weight is 420 g/mol. The van der Waals surface area contributed by atoms with Gasteiger partial charge in [0.15, 0.2) is 0 Å². The number of nitrogens with zero attached hydrogens (tertiary/aromatic N) is 2. The third kappa shape index (κ3) is 5.54. The summed E-state index contributed by atoms with van der Waals surface area (Å²) < 4.78 is 25.6. The summed E-state index contributed by atoms with van der Waals surface area (Å²) in [4.78, 5) is 23.1. The van der Waals surface area contributed by atoms with Crippen molar-refractivity contribution in [3.8, 4) is 0 Å². The van der Waals surface area contributed by atoms with Gasteiger partial charge in [-0.3, -0.25) is 19.2 Å². The molecule has 0 bridgehead atoms. The Balaban J connectivity index is 2.30. The van der Waals surface area contributed by atoms with Crippen LogP contribution in [0.25, 0.3) is 0 Å². The summed E-state index contributed by atoms with van der Waals surface area (Å²) >= 11 is 0. The molecule has 0 radical (unpaired) electrons. The zero-order valence-corrected chi connectivity index (χ0v) is 17.9. The lowest BCUT2D eigenvalue weighted by molar-refractivity contribution is -0.384. The fourth-order valence-corrected chi connectivity index (χ4v) is 3.99. The van der Waals surface area contributed by atoms with E-state index in [0.717, 1.165) is 33.3 Å². The molecule has 156 valence electrons. The van der Waals surface area contributed by atoms with E-state index in [1.807, 2.05) is 39.0 Å². The highest BCUT2D eigenvalue weighted by atomic mass is 32.2. The molecule has 0 spiro atoms. The van der Waals surface area contributed by atoms with E-state index in [1.54, 1.807) is 6.92 Å². The van der Waals surface area contributed by atoms with E-state index < -0.39 is 27.4 Å². The van der Waals surface area contributed by atoms with Gasteiger partial charge in [0, 0.05) is 12.1 Å². The predicted octanol–water partition coefficient (Wildman–Crippen LogP) is 3.16. The van der Waals surface area contributed by atoms with Gasteiger partial charge in [-0.05, 0) is 44.4 Å². The molecule has 0 aromatic heterocycles. The molecule has 1 amide bonds. The number of carbonyl (C=O) groups excluding carboxylic acids is 1. The molecule has 0 saturated heterocycles. The molecule has 0 aliphatic rings. The van der Waals surface area contributed by atoms with Gasteiger partial charge in [-0.25, -0.2) is 8.42 Å². The summed E-state index contributed by atoms with van der Waals surface area (Å²) in [5.41, 5.74) is 3.38. The Morgan fingerprint density at radius 1 is 1.14 bits per heavy atom. The van der Waals surface area contributed by atoms with Crippen LogP contribution in [-0.2, 0) is 14.8 Å². The van der Waals surface area contributed by atoms with Gasteiger partial charge < -0.3 is 5.32 Å². The molecule has 1 atom stereocenters. The van der Waals surface area contributed by atoms with Crippen molar-refractivity contribution in [2.75, 3.05) is 17.1 Å². The van der Waals surface area contributed by atoms with Gasteiger partial charge in [-0.2, -0.15) is 0 Å². The van der Waals surface area contributed by atoms with E-state index in [-0.39, 0.29) is 17.4 Å². The van der Waals surface area contributed by atoms with Gasteiger partial charge in [-0.1, -0.05) is 29.8 Å². The molecular weight excluding hydrogens is 394 g/mol. The van der Waals surface area contributed by atoms with Crippen molar-refractivity contribution >= 4 is 27.3 Å². The first kappa shape index (κ1) is 22.4. The van der Waals surface area contributed by atoms with Crippen molar-refractivity contribution in [2.24, 2.45) is 0 Å². The van der Waals surface area contributed by atoms with Crippen LogP contribution in [0.2, 0.25) is 0 Å². The number of rotatable bonds is 7. The van der Waals surface area contributed by atoms with E-state index in [1.165, 1.54) is 12.1 Å². The first-order valence-corrected chi connectivity index (χ1v) is 10.8. The maximum Gasteiger partial charge on any atom is 0.271 e. The van der Waals surface area contributed by atoms with Gasteiger partial charge in [0.1, 0.15) is 6.54 Å². The molecule has 2 aromatic rings. The topological polar surface area (TPSA) is 110 Å². The number of anilines is 1. The maximum absolute atomic E-state index is 12.6. The summed E-state index contributed by atoms with van der Waals surface area (Å²) in [6.45, 7) is 6.87. The zero-order valence-electron chi connectivity index (χ0n) is 17.1. The van der Waals surface area contributed by atoms with Gasteiger partial charge in [0.25, 0.3) is 5.69 Å². The summed E-state index contributed by atoms with van der Waals surface area (Å²) in [5.74, 6) is -0.505. The monoisotopic (exact) mass is 419 g/mol. The van der Waals surface area contributed by atoms with Crippen molar-refractivity contribution in [3.05, 3.63) is 68.8 Å². The largest absolute Gasteiger partial charge is 0.348 e. The number of benzene rings is 2. The standard InChI is InChI=1S/C20H25N3O5S/c1-13-6-7-14(2)18(10-13)16(4)21-20(24)12-22(29(5,27)28)19-11-17(23(25)26)9-8-15(19)3/h6-11,16H,12H2,1-5H3,(H,21,24). The quantitative estimate of drug-likeness (QED) is 0.548. The molecule has 29 heavy (non-hydrogen) atoms. The lowest BCUT2D eigenvalue weighted by atomic mass is 10.00. The molecule has 8 nitrogen and oxygen atoms in total. The first-order chi connectivity index (χ1) is 13.4. The highest BCUT2D eigenvalue weighted by Gasteiger charge is 2.25. The van der Waals surface area contributed by atoms with Crippen LogP contribution in [0.1, 0.15) is 35.2 Å². The smallest absolute Gasteiger partial charge is 0.271 e. The molecule has 0 heterocycles. The maximum atomic E-state index is 12.6. The Labute approximate surface area is 170 Å². The summed E-state index contributed by atoms with van der Waals surface area (Å²) in [6, 6.07) is 9.50. The van der Waals surface area contributed by atoms with Crippen LogP contribution in [0.3, 0.4) is 0 Å². The number of amides is 1. The fourth-order valence-electron chi connectivity index (χ4n) is 3.08. The zero-order chi connectivity index (χ0) is 21.9. The van der Waals surface area contributed by atoms with Crippen LogP contribution in [0, 0.1) is 30.9 Å². The van der Waals surface area contributed by atoms with Gasteiger partial charge in [0.2, 0.25) is 15.9 Å². The number of sulfonamides is 1. The van der Waals surface area contributed by atoms with E-state index in [0.29, 0.717) is 5.56 Å². The van der Waals surface area contributed by atoms with Crippen molar-refractivity contribution in [1.82, 2.24) is 5.32 Å². The molecule has 1 N–H and O–H groups in total. The Morgan fingerprint density at radius 3 is 2.34 bits per heavy atom. The van der Waals surface area contributed by atoms with Crippen molar-refractivity contribution in [1.29, 1.82) is 0 Å². The fraction of sp³-hybridized carbons (Fsp3) is 0.350. The number of hydrogen-bond donors (Lipinski definition) is 1. The lowest BCUT2D eigenvalue weighted by Crippen LogP contribution is -2.41. The number of aryl methyl sites for hydroxylation is 3. The van der Waals surface area contributed by atoms with E-state index in [4.69, 9.17) is 0 Å². The first-order valence-electron chi connectivity index (χ1n) is 8.99. The molecule has 2 aromatic carbocycles. The Kier molecular flexibility index (Phi) is 6.63. The number of non-ortho nitro benzene ring substituents is 1. The molecule has 1 unspecified atom stereocenters. The van der Waals surface area contributed by atoms with Crippen LogP contribution >= 0.6 is 0 Å². The molecule has 0 saturated carbocycles. The van der Waals surface area contributed by atoms with Crippen LogP contribution < -0.4 is 9.62 Å². The highest BCUT2D eigenvalue weighted by Crippen LogP contribution is 2.27. The van der Waals surface area contributed by atoms with Crippen LogP contribution in [0.15, 0.2) is 36.4 Å². The van der Waals surface area contributed by atoms with Crippen molar-refractivity contribution in [2.45, 2.75) is 33.7 Å². The number of nitro groups is 1. The molecule has 2 rings (SSSR count). The van der Waals surface area contributed by atoms with E-state index >= 15 is 0 Å². The van der Waals surface area contributed by atoms with Crippen molar-refractivity contribution in [3.63, 3.8) is 0 Å². The van der Waals surface area contributed by atoms with Gasteiger partial charge in [0.05, 0.1) is 22.9 Å². The molecule has 0 fully saturated rings. The Morgan fingerprint density at radius 2 is 1.76 bits per heavy atom. The molecule has 0 aliphatic carbocycles. The second kappa shape index (κ2) is 8.60. The van der Waals surface area contributed by atoms with Crippen LogP contribution in [0.5, 0.6) is 0 Å². The number of hydrogen-bond acceptors (Lipinski definition) is 5. The second-order valence-corrected chi connectivity index (χ2v) is 9.05. The SMILES string of the molecule is Cc1ccc(C)c(C(C)NC(=O)CN(c2cc([N+](=O)[O-])ccc2C)S(C)(=O)=O)c1. The lowest BCUT2D eigenvalue weighted by Gasteiger charge is -2.25. The minimum absolute atomic E-state index is 0.108. The van der Waals surface area contributed by atoms with Gasteiger partial charge in [-0.15, -0.1) is 0 Å². The second-order valence-electron chi connectivity index (χ2n) is 7.15. The summed E-state index contributed by atoms with van der Waals surface area (Å²) in [5, 5.41) is 13.9. The predicted molar refractivity (Wildman–Crippen MR) is 112 cm³/mol. The minimum Gasteiger partial charge on any atom is -0.348 e. The summed E-state index contributed by atoms with van der Waals surface area (Å²) in [7, 11) is -3.84. The molecule has 9 heteroatoms. The third-order valence-corrected chi connectivity index (χ3v) is 5.76. The van der Waals surface area contributed by atoms with Crippen molar-refractivity contribution < 1.29 is 18.1 Å². The number of carbonyl (C=O) groups is 1. The van der Waals surface area contributed by atoms with E-state index in [2.05, 4.69) is 5.32 Å². The van der Waals surface area contributed by atoms with Crippen LogP contribution in [0.4, 0.5) is 11.4 Å². The highest BCUT2D eigenvalue weighted by molar-refractivity contribution is 7.92. The Bertz CT molecular complexity index is 1050. The molecular formula is C20H25N3O5S. The molecule has 0 aliphatic heterocycles.